The van der Waals surface area contributed by atoms with E-state index in [1.54, 1.807) is 6.92 Å². The van der Waals surface area contributed by atoms with Gasteiger partial charge in [-0.05, 0) is 38.3 Å². The van der Waals surface area contributed by atoms with Gasteiger partial charge in [-0.1, -0.05) is 74.9 Å². The highest BCUT2D eigenvalue weighted by Crippen LogP contribution is 2.29. The average molecular weight is 382 g/mol. The lowest BCUT2D eigenvalue weighted by atomic mass is 10.0. The SMILES string of the molecule is CC(O)CC(O)CCCCCCCCCn1c2ccccc2c2ccccc21. The van der Waals surface area contributed by atoms with E-state index in [1.807, 2.05) is 0 Å². The quantitative estimate of drug-likeness (QED) is 0.375. The highest BCUT2D eigenvalue weighted by molar-refractivity contribution is 6.07. The van der Waals surface area contributed by atoms with Crippen molar-refractivity contribution in [1.82, 2.24) is 4.57 Å². The third-order valence-electron chi connectivity index (χ3n) is 5.71. The Morgan fingerprint density at radius 2 is 1.21 bits per heavy atom. The minimum atomic E-state index is -0.399. The molecular weight excluding hydrogens is 346 g/mol. The number of aryl methyl sites for hydroxylation is 1. The van der Waals surface area contributed by atoms with E-state index in [0.717, 1.165) is 19.4 Å². The van der Waals surface area contributed by atoms with Crippen LogP contribution >= 0.6 is 0 Å². The van der Waals surface area contributed by atoms with E-state index in [-0.39, 0.29) is 6.10 Å². The van der Waals surface area contributed by atoms with E-state index in [9.17, 15) is 10.2 Å². The number of hydrogen-bond donors (Lipinski definition) is 2. The van der Waals surface area contributed by atoms with Gasteiger partial charge in [-0.15, -0.1) is 0 Å². The zero-order chi connectivity index (χ0) is 19.8. The minimum Gasteiger partial charge on any atom is -0.393 e. The molecule has 0 bridgehead atoms. The number of aliphatic hydroxyl groups excluding tert-OH is 2. The zero-order valence-electron chi connectivity index (χ0n) is 17.2. The molecule has 3 aromatic rings. The van der Waals surface area contributed by atoms with Crippen LogP contribution in [0.1, 0.15) is 64.7 Å². The zero-order valence-corrected chi connectivity index (χ0v) is 17.2. The molecule has 1 heterocycles. The first-order valence-corrected chi connectivity index (χ1v) is 11.0. The first-order valence-electron chi connectivity index (χ1n) is 11.0. The smallest absolute Gasteiger partial charge is 0.0564 e. The monoisotopic (exact) mass is 381 g/mol. The van der Waals surface area contributed by atoms with Crippen molar-refractivity contribution in [2.24, 2.45) is 0 Å². The van der Waals surface area contributed by atoms with Gasteiger partial charge in [0.2, 0.25) is 0 Å². The molecule has 152 valence electrons. The third kappa shape index (κ3) is 5.59. The molecule has 0 spiro atoms. The Kier molecular flexibility index (Phi) is 7.93. The molecule has 0 fully saturated rings. The molecule has 0 amide bonds. The summed E-state index contributed by atoms with van der Waals surface area (Å²) in [5.74, 6) is 0. The number of aliphatic hydroxyl groups is 2. The Balaban J connectivity index is 1.37. The number of fused-ring (bicyclic) bond motifs is 3. The normalized spacial score (nSPS) is 14.0. The van der Waals surface area contributed by atoms with Crippen LogP contribution < -0.4 is 0 Å². The average Bonchev–Trinajstić information content (AvgIpc) is 3.00. The van der Waals surface area contributed by atoms with Crippen molar-refractivity contribution in [2.75, 3.05) is 0 Å². The molecule has 1 aromatic heterocycles. The largest absolute Gasteiger partial charge is 0.393 e. The van der Waals surface area contributed by atoms with Gasteiger partial charge in [0.15, 0.2) is 0 Å². The van der Waals surface area contributed by atoms with Crippen molar-refractivity contribution in [2.45, 2.75) is 83.5 Å². The molecule has 2 atom stereocenters. The van der Waals surface area contributed by atoms with Gasteiger partial charge >= 0.3 is 0 Å². The van der Waals surface area contributed by atoms with Gasteiger partial charge in [-0.2, -0.15) is 0 Å². The van der Waals surface area contributed by atoms with Crippen LogP contribution in [0.3, 0.4) is 0 Å². The molecule has 2 N–H and O–H groups in total. The maximum absolute atomic E-state index is 9.77. The minimum absolute atomic E-state index is 0.341. The van der Waals surface area contributed by atoms with Crippen molar-refractivity contribution in [3.05, 3.63) is 48.5 Å². The van der Waals surface area contributed by atoms with Gasteiger partial charge in [0.25, 0.3) is 0 Å². The number of hydrogen-bond acceptors (Lipinski definition) is 2. The van der Waals surface area contributed by atoms with E-state index >= 15 is 0 Å². The van der Waals surface area contributed by atoms with Crippen LogP contribution in [0.5, 0.6) is 0 Å². The lowest BCUT2D eigenvalue weighted by molar-refractivity contribution is 0.0834. The number of unbranched alkanes of at least 4 members (excludes halogenated alkanes) is 6. The summed E-state index contributed by atoms with van der Waals surface area (Å²) in [5, 5.41) is 21.8. The highest BCUT2D eigenvalue weighted by atomic mass is 16.3. The Morgan fingerprint density at radius 1 is 0.714 bits per heavy atom. The van der Waals surface area contributed by atoms with Gasteiger partial charge in [-0.25, -0.2) is 0 Å². The second kappa shape index (κ2) is 10.6. The van der Waals surface area contributed by atoms with E-state index in [1.165, 1.54) is 60.3 Å². The summed E-state index contributed by atoms with van der Waals surface area (Å²) in [7, 11) is 0. The fourth-order valence-electron chi connectivity index (χ4n) is 4.29. The van der Waals surface area contributed by atoms with E-state index < -0.39 is 6.10 Å². The molecule has 0 saturated carbocycles. The molecule has 2 aromatic carbocycles. The summed E-state index contributed by atoms with van der Waals surface area (Å²) in [4.78, 5) is 0. The second-order valence-corrected chi connectivity index (χ2v) is 8.19. The van der Waals surface area contributed by atoms with Crippen molar-refractivity contribution in [3.8, 4) is 0 Å². The molecule has 3 nitrogen and oxygen atoms in total. The third-order valence-corrected chi connectivity index (χ3v) is 5.71. The molecule has 0 radical (unpaired) electrons. The standard InChI is InChI=1S/C25H35NO2/c1-20(27)19-21(28)13-7-5-3-2-4-6-12-18-26-24-16-10-8-14-22(24)23-15-9-11-17-25(23)26/h8-11,14-17,20-21,27-28H,2-7,12-13,18-19H2,1H3. The van der Waals surface area contributed by atoms with Crippen LogP contribution in [0.4, 0.5) is 0 Å². The number of benzene rings is 2. The summed E-state index contributed by atoms with van der Waals surface area (Å²) in [6.45, 7) is 2.82. The highest BCUT2D eigenvalue weighted by Gasteiger charge is 2.09. The second-order valence-electron chi connectivity index (χ2n) is 8.19. The molecule has 0 aliphatic rings. The molecule has 0 aliphatic carbocycles. The Morgan fingerprint density at radius 3 is 1.79 bits per heavy atom. The fourth-order valence-corrected chi connectivity index (χ4v) is 4.29. The summed E-state index contributed by atoms with van der Waals surface area (Å²) >= 11 is 0. The fraction of sp³-hybridized carbons (Fsp3) is 0.520. The molecule has 2 unspecified atom stereocenters. The van der Waals surface area contributed by atoms with Crippen LogP contribution in [0.15, 0.2) is 48.5 Å². The Labute approximate surface area is 169 Å². The Bertz CT molecular complexity index is 799. The van der Waals surface area contributed by atoms with Gasteiger partial charge in [0, 0.05) is 28.4 Å². The Hall–Kier alpha value is -1.84. The lowest BCUT2D eigenvalue weighted by Gasteiger charge is -2.12. The summed E-state index contributed by atoms with van der Waals surface area (Å²) in [6, 6.07) is 17.5. The molecule has 3 heteroatoms. The molecular formula is C25H35NO2. The van der Waals surface area contributed by atoms with Gasteiger partial charge in [-0.3, -0.25) is 0 Å². The summed E-state index contributed by atoms with van der Waals surface area (Å²) in [5.41, 5.74) is 2.69. The van der Waals surface area contributed by atoms with Crippen LogP contribution in [0, 0.1) is 0 Å². The van der Waals surface area contributed by atoms with Crippen LogP contribution in [0.25, 0.3) is 21.8 Å². The number of para-hydroxylation sites is 2. The summed E-state index contributed by atoms with van der Waals surface area (Å²) < 4.78 is 2.48. The summed E-state index contributed by atoms with van der Waals surface area (Å²) in [6.07, 6.45) is 9.13. The molecule has 3 rings (SSSR count). The molecule has 0 aliphatic heterocycles. The number of rotatable bonds is 12. The van der Waals surface area contributed by atoms with Crippen LogP contribution in [-0.4, -0.2) is 27.0 Å². The van der Waals surface area contributed by atoms with E-state index in [2.05, 4.69) is 53.1 Å². The van der Waals surface area contributed by atoms with Crippen LogP contribution in [-0.2, 0) is 6.54 Å². The van der Waals surface area contributed by atoms with Gasteiger partial charge in [0.1, 0.15) is 0 Å². The van der Waals surface area contributed by atoms with Gasteiger partial charge in [0.05, 0.1) is 12.2 Å². The predicted octanol–water partition coefficient (Wildman–Crippen LogP) is 6.05. The maximum atomic E-state index is 9.77. The van der Waals surface area contributed by atoms with Crippen molar-refractivity contribution in [1.29, 1.82) is 0 Å². The topological polar surface area (TPSA) is 45.4 Å². The molecule has 28 heavy (non-hydrogen) atoms. The molecule has 0 saturated heterocycles. The number of aromatic nitrogens is 1. The van der Waals surface area contributed by atoms with Crippen molar-refractivity contribution in [3.63, 3.8) is 0 Å². The van der Waals surface area contributed by atoms with Crippen LogP contribution in [0.2, 0.25) is 0 Å². The predicted molar refractivity (Wildman–Crippen MR) is 119 cm³/mol. The number of nitrogens with zero attached hydrogens (tertiary/aromatic N) is 1. The van der Waals surface area contributed by atoms with Crippen molar-refractivity contribution >= 4 is 21.8 Å². The lowest BCUT2D eigenvalue weighted by Crippen LogP contribution is -2.14. The maximum Gasteiger partial charge on any atom is 0.0564 e. The first kappa shape index (κ1) is 20.9. The van der Waals surface area contributed by atoms with Gasteiger partial charge < -0.3 is 14.8 Å². The van der Waals surface area contributed by atoms with E-state index in [4.69, 9.17) is 0 Å². The first-order chi connectivity index (χ1) is 13.7. The van der Waals surface area contributed by atoms with E-state index in [0.29, 0.717) is 6.42 Å². The van der Waals surface area contributed by atoms with Crippen molar-refractivity contribution < 1.29 is 10.2 Å².